The van der Waals surface area contributed by atoms with Crippen LogP contribution in [0.25, 0.3) is 0 Å². The van der Waals surface area contributed by atoms with E-state index >= 15 is 0 Å². The van der Waals surface area contributed by atoms with E-state index in [1.807, 2.05) is 0 Å². The van der Waals surface area contributed by atoms with Crippen molar-refractivity contribution in [2.45, 2.75) is 0 Å². The monoisotopic (exact) mass is 209 g/mol. The predicted octanol–water partition coefficient (Wildman–Crippen LogP) is -1.12. The zero-order valence-electron chi connectivity index (χ0n) is 7.18. The van der Waals surface area contributed by atoms with E-state index in [9.17, 15) is 9.36 Å². The molecule has 0 fully saturated rings. The number of nitrogens with zero attached hydrogens (tertiary/aromatic N) is 1. The second-order valence-corrected chi connectivity index (χ2v) is 3.94. The third-order valence-corrected chi connectivity index (χ3v) is 2.27. The van der Waals surface area contributed by atoms with Crippen molar-refractivity contribution >= 4 is 19.8 Å². The minimum Gasteiger partial charge on any atom is -0.334 e. The summed E-state index contributed by atoms with van der Waals surface area (Å²) in [4.78, 5) is 19.7. The Balaban J connectivity index is 2.70. The molecule has 0 aliphatic carbocycles. The van der Waals surface area contributed by atoms with Crippen LogP contribution < -0.4 is 5.32 Å². The van der Waals surface area contributed by atoms with Crippen molar-refractivity contribution in [3.05, 3.63) is 0 Å². The first kappa shape index (κ1) is 10.2. The maximum atomic E-state index is 10.9. The molecule has 0 aromatic rings. The van der Waals surface area contributed by atoms with Gasteiger partial charge in [-0.3, -0.25) is 9.42 Å². The van der Waals surface area contributed by atoms with Gasteiger partial charge in [-0.05, 0) is 0 Å². The van der Waals surface area contributed by atoms with Crippen LogP contribution in [0.4, 0.5) is 0 Å². The fourth-order valence-corrected chi connectivity index (χ4v) is 1.26. The van der Waals surface area contributed by atoms with E-state index in [1.54, 1.807) is 7.05 Å². The topological polar surface area (TPSA) is 87.9 Å². The van der Waals surface area contributed by atoms with Crippen LogP contribution in [-0.2, 0) is 18.4 Å². The quantitative estimate of drug-likeness (QED) is 0.444. The summed E-state index contributed by atoms with van der Waals surface area (Å²) in [6.45, 7) is 0.0963. The number of amides is 1. The summed E-state index contributed by atoms with van der Waals surface area (Å²) in [6.07, 6.45) is 0. The number of phosphoric acid groups is 1. The van der Waals surface area contributed by atoms with Gasteiger partial charge < -0.3 is 4.52 Å². The van der Waals surface area contributed by atoms with Crippen molar-refractivity contribution in [3.63, 3.8) is 0 Å². The smallest absolute Gasteiger partial charge is 0.334 e. The number of hydrogen-bond acceptors (Lipinski definition) is 4. The Morgan fingerprint density at radius 3 is 2.69 bits per heavy atom. The summed E-state index contributed by atoms with van der Waals surface area (Å²) in [5.41, 5.74) is 0. The molecule has 13 heavy (non-hydrogen) atoms. The fraction of sp³-hybridized carbons (Fsp3) is 0.600. The first-order valence-corrected chi connectivity index (χ1v) is 4.90. The molecule has 0 radical (unpaired) electrons. The third kappa shape index (κ3) is 2.51. The van der Waals surface area contributed by atoms with Crippen LogP contribution >= 0.6 is 7.82 Å². The number of carbonyl (C=O) groups is 1. The molecule has 0 bridgehead atoms. The van der Waals surface area contributed by atoms with Gasteiger partial charge in [-0.15, -0.1) is 0 Å². The largest absolute Gasteiger partial charge is 0.532 e. The molecule has 74 valence electrons. The zero-order valence-corrected chi connectivity index (χ0v) is 8.08. The summed E-state index contributed by atoms with van der Waals surface area (Å²) in [5.74, 6) is -0.298. The first-order valence-electron chi connectivity index (χ1n) is 3.40. The molecular formula is C5H10N2O5P+. The lowest BCUT2D eigenvalue weighted by molar-refractivity contribution is -0.487. The lowest BCUT2D eigenvalue weighted by Gasteiger charge is -2.06. The lowest BCUT2D eigenvalue weighted by Crippen LogP contribution is -2.26. The van der Waals surface area contributed by atoms with Crippen LogP contribution in [0.3, 0.4) is 0 Å². The number of rotatable bonds is 2. The highest BCUT2D eigenvalue weighted by Gasteiger charge is 2.34. The van der Waals surface area contributed by atoms with Crippen molar-refractivity contribution in [1.29, 1.82) is 0 Å². The maximum Gasteiger partial charge on any atom is 0.532 e. The van der Waals surface area contributed by atoms with Crippen LogP contribution in [0.1, 0.15) is 0 Å². The Morgan fingerprint density at radius 1 is 1.69 bits per heavy atom. The van der Waals surface area contributed by atoms with Crippen molar-refractivity contribution in [2.75, 3.05) is 20.7 Å². The van der Waals surface area contributed by atoms with Gasteiger partial charge in [0.2, 0.25) is 0 Å². The number of carbonyl (C=O) groups excluding carboxylic acids is 1. The van der Waals surface area contributed by atoms with Gasteiger partial charge in [0.25, 0.3) is 0 Å². The molecule has 1 aliphatic rings. The molecule has 0 aromatic heterocycles. The number of amidine groups is 1. The van der Waals surface area contributed by atoms with Crippen LogP contribution in [-0.4, -0.2) is 42.1 Å². The van der Waals surface area contributed by atoms with Crippen molar-refractivity contribution in [3.8, 4) is 0 Å². The number of likely N-dealkylation sites (N-methyl/N-ethyl adjacent to an activating group) is 1. The SMILES string of the molecule is COP(=O)(O)OC1=[N+](C)CC(=O)N1. The van der Waals surface area contributed by atoms with Crippen molar-refractivity contribution < 1.29 is 27.9 Å². The predicted molar refractivity (Wildman–Crippen MR) is 42.1 cm³/mol. The number of nitrogens with one attached hydrogen (secondary N) is 1. The number of phosphoric ester groups is 1. The first-order chi connectivity index (χ1) is 5.94. The van der Waals surface area contributed by atoms with Crippen LogP contribution in [0.2, 0.25) is 0 Å². The van der Waals surface area contributed by atoms with E-state index < -0.39 is 7.82 Å². The minimum atomic E-state index is -4.08. The van der Waals surface area contributed by atoms with Gasteiger partial charge in [0.05, 0.1) is 7.05 Å². The van der Waals surface area contributed by atoms with Gasteiger partial charge in [-0.2, -0.15) is 5.32 Å². The Bertz CT molecular complexity index is 312. The van der Waals surface area contributed by atoms with Gasteiger partial charge >= 0.3 is 19.8 Å². The van der Waals surface area contributed by atoms with E-state index in [-0.39, 0.29) is 18.5 Å². The summed E-state index contributed by atoms with van der Waals surface area (Å²) < 4.78 is 21.0. The molecule has 8 heteroatoms. The average Bonchev–Trinajstić information content (AvgIpc) is 2.30. The molecule has 1 amide bonds. The molecule has 0 aromatic carbocycles. The maximum absolute atomic E-state index is 10.9. The number of hydrogen-bond donors (Lipinski definition) is 2. The lowest BCUT2D eigenvalue weighted by atomic mass is 10.6. The van der Waals surface area contributed by atoms with E-state index in [4.69, 9.17) is 4.89 Å². The zero-order chi connectivity index (χ0) is 10.1. The second kappa shape index (κ2) is 3.45. The van der Waals surface area contributed by atoms with Gasteiger partial charge in [-0.1, -0.05) is 0 Å². The Morgan fingerprint density at radius 2 is 2.31 bits per heavy atom. The van der Waals surface area contributed by atoms with Gasteiger partial charge in [0.15, 0.2) is 6.54 Å². The molecule has 1 atom stereocenters. The van der Waals surface area contributed by atoms with Crippen LogP contribution in [0.15, 0.2) is 0 Å². The normalized spacial score (nSPS) is 21.3. The summed E-state index contributed by atoms with van der Waals surface area (Å²) >= 11 is 0. The molecular weight excluding hydrogens is 199 g/mol. The Hall–Kier alpha value is -0.910. The van der Waals surface area contributed by atoms with E-state index in [0.29, 0.717) is 0 Å². The Labute approximate surface area is 74.6 Å². The summed E-state index contributed by atoms with van der Waals surface area (Å²) in [7, 11) is -1.50. The highest BCUT2D eigenvalue weighted by Crippen LogP contribution is 2.41. The highest BCUT2D eigenvalue weighted by atomic mass is 31.2. The molecule has 2 N–H and O–H groups in total. The van der Waals surface area contributed by atoms with Crippen LogP contribution in [0.5, 0.6) is 0 Å². The fourth-order valence-electron chi connectivity index (χ4n) is 0.780. The van der Waals surface area contributed by atoms with Gasteiger partial charge in [-0.25, -0.2) is 13.9 Å². The highest BCUT2D eigenvalue weighted by molar-refractivity contribution is 7.48. The average molecular weight is 209 g/mol. The molecule has 1 rings (SSSR count). The summed E-state index contributed by atoms with van der Waals surface area (Å²) in [5, 5.41) is 2.26. The molecule has 0 spiro atoms. The molecule has 0 saturated heterocycles. The third-order valence-electron chi connectivity index (χ3n) is 1.41. The summed E-state index contributed by atoms with van der Waals surface area (Å²) in [6, 6.07) is -0.0716. The van der Waals surface area contributed by atoms with Gasteiger partial charge in [0, 0.05) is 7.11 Å². The van der Waals surface area contributed by atoms with E-state index in [2.05, 4.69) is 14.4 Å². The van der Waals surface area contributed by atoms with E-state index in [0.717, 1.165) is 7.11 Å². The van der Waals surface area contributed by atoms with Crippen LogP contribution in [0, 0.1) is 0 Å². The minimum absolute atomic E-state index is 0.0716. The molecule has 1 aliphatic heterocycles. The van der Waals surface area contributed by atoms with Gasteiger partial charge in [0.1, 0.15) is 0 Å². The molecule has 1 heterocycles. The molecule has 0 saturated carbocycles. The van der Waals surface area contributed by atoms with Crippen molar-refractivity contribution in [1.82, 2.24) is 5.32 Å². The Kier molecular flexibility index (Phi) is 2.70. The molecule has 7 nitrogen and oxygen atoms in total. The van der Waals surface area contributed by atoms with E-state index in [1.165, 1.54) is 4.58 Å². The standard InChI is InChI=1S/C5H9N2O5P/c1-7-3-4(8)6-5(7)12-13(9,10)11-2/h3H2,1-2H3,(H,9,10)/p+1. The van der Waals surface area contributed by atoms with Crippen molar-refractivity contribution in [2.24, 2.45) is 0 Å². The molecule has 1 unspecified atom stereocenters. The second-order valence-electron chi connectivity index (χ2n) is 2.45.